The minimum Gasteiger partial charge on any atom is -0.494 e. The number of methoxy groups -OCH3 is 1. The number of rotatable bonds is 6. The average molecular weight is 372 g/mol. The molecular formula is C16H12F4N2O4. The van der Waals surface area contributed by atoms with Crippen molar-refractivity contribution in [1.82, 2.24) is 0 Å². The highest BCUT2D eigenvalue weighted by molar-refractivity contribution is 5.99. The molecule has 138 valence electrons. The molecule has 0 aromatic heterocycles. The Morgan fingerprint density at radius 2 is 1.92 bits per heavy atom. The predicted molar refractivity (Wildman–Crippen MR) is 83.9 cm³/mol. The Morgan fingerprint density at radius 3 is 2.46 bits per heavy atom. The maximum absolute atomic E-state index is 13.6. The van der Waals surface area contributed by atoms with E-state index in [1.807, 2.05) is 0 Å². The number of halogens is 4. The molecule has 0 bridgehead atoms. The Kier molecular flexibility index (Phi) is 5.44. The molecule has 0 atom stereocenters. The van der Waals surface area contributed by atoms with E-state index in [1.165, 1.54) is 19.2 Å². The minimum atomic E-state index is -4.93. The van der Waals surface area contributed by atoms with Crippen molar-refractivity contribution in [3.63, 3.8) is 0 Å². The first-order chi connectivity index (χ1) is 12.1. The lowest BCUT2D eigenvalue weighted by atomic mass is 10.1. The number of ether oxygens (including phenoxy) is 1. The molecule has 2 rings (SSSR count). The van der Waals surface area contributed by atoms with Crippen molar-refractivity contribution in [1.29, 1.82) is 0 Å². The molecule has 10 heteroatoms. The zero-order chi connectivity index (χ0) is 19.5. The van der Waals surface area contributed by atoms with Gasteiger partial charge in [-0.1, -0.05) is 0 Å². The van der Waals surface area contributed by atoms with Gasteiger partial charge >= 0.3 is 6.18 Å². The number of nitro groups is 1. The number of nitro benzene ring substituents is 1. The van der Waals surface area contributed by atoms with Gasteiger partial charge < -0.3 is 10.1 Å². The van der Waals surface area contributed by atoms with Gasteiger partial charge in [-0.3, -0.25) is 14.9 Å². The predicted octanol–water partition coefficient (Wildman–Crippen LogP) is 4.06. The van der Waals surface area contributed by atoms with Crippen LogP contribution in [0.2, 0.25) is 0 Å². The van der Waals surface area contributed by atoms with Crippen LogP contribution in [0.3, 0.4) is 0 Å². The number of hydrogen-bond donors (Lipinski definition) is 1. The molecule has 0 radical (unpaired) electrons. The zero-order valence-corrected chi connectivity index (χ0v) is 13.3. The van der Waals surface area contributed by atoms with E-state index in [4.69, 9.17) is 4.74 Å². The highest BCUT2D eigenvalue weighted by Gasteiger charge is 2.38. The molecule has 0 unspecified atom stereocenters. The Hall–Kier alpha value is -3.17. The monoisotopic (exact) mass is 372 g/mol. The lowest BCUT2D eigenvalue weighted by Crippen LogP contribution is -2.15. The van der Waals surface area contributed by atoms with Gasteiger partial charge in [-0.05, 0) is 30.3 Å². The number of carbonyl (C=O) groups is 1. The van der Waals surface area contributed by atoms with Crippen LogP contribution in [0, 0.1) is 15.9 Å². The SMILES string of the molecule is COc1ccc(C(=O)CNc2ccc([N+](=O)[O-])c(C(F)(F)F)c2)cc1F. The third kappa shape index (κ3) is 4.26. The normalized spacial score (nSPS) is 11.1. The molecular weight excluding hydrogens is 360 g/mol. The third-order valence-electron chi connectivity index (χ3n) is 3.43. The van der Waals surface area contributed by atoms with E-state index in [-0.39, 0.29) is 17.0 Å². The fraction of sp³-hybridized carbons (Fsp3) is 0.188. The van der Waals surface area contributed by atoms with E-state index in [1.54, 1.807) is 0 Å². The number of nitrogens with one attached hydrogen (secondary N) is 1. The van der Waals surface area contributed by atoms with E-state index < -0.39 is 40.5 Å². The van der Waals surface area contributed by atoms with Gasteiger partial charge in [-0.2, -0.15) is 13.2 Å². The summed E-state index contributed by atoms with van der Waals surface area (Å²) in [6.45, 7) is -0.430. The lowest BCUT2D eigenvalue weighted by Gasteiger charge is -2.11. The lowest BCUT2D eigenvalue weighted by molar-refractivity contribution is -0.388. The second kappa shape index (κ2) is 7.38. The second-order valence-electron chi connectivity index (χ2n) is 5.11. The molecule has 2 aromatic carbocycles. The van der Waals surface area contributed by atoms with Crippen LogP contribution in [-0.2, 0) is 6.18 Å². The number of hydrogen-bond acceptors (Lipinski definition) is 5. The van der Waals surface area contributed by atoms with Gasteiger partial charge in [-0.25, -0.2) is 4.39 Å². The molecule has 2 aromatic rings. The van der Waals surface area contributed by atoms with Crippen molar-refractivity contribution in [3.8, 4) is 5.75 Å². The first-order valence-corrected chi connectivity index (χ1v) is 7.09. The van der Waals surface area contributed by atoms with E-state index in [2.05, 4.69) is 5.32 Å². The summed E-state index contributed by atoms with van der Waals surface area (Å²) in [5.74, 6) is -1.40. The maximum Gasteiger partial charge on any atom is 0.423 e. The van der Waals surface area contributed by atoms with Crippen LogP contribution >= 0.6 is 0 Å². The first kappa shape index (κ1) is 19.2. The van der Waals surface area contributed by atoms with Gasteiger partial charge in [0, 0.05) is 17.3 Å². The molecule has 0 aliphatic rings. The van der Waals surface area contributed by atoms with Crippen LogP contribution in [0.1, 0.15) is 15.9 Å². The highest BCUT2D eigenvalue weighted by atomic mass is 19.4. The summed E-state index contributed by atoms with van der Waals surface area (Å²) in [4.78, 5) is 21.6. The van der Waals surface area contributed by atoms with Crippen molar-refractivity contribution in [2.75, 3.05) is 19.0 Å². The quantitative estimate of drug-likeness (QED) is 0.358. The Morgan fingerprint density at radius 1 is 1.23 bits per heavy atom. The van der Waals surface area contributed by atoms with Gasteiger partial charge in [-0.15, -0.1) is 0 Å². The topological polar surface area (TPSA) is 81.5 Å². The summed E-state index contributed by atoms with van der Waals surface area (Å²) in [6.07, 6.45) is -4.93. The van der Waals surface area contributed by atoms with E-state index in [9.17, 15) is 32.5 Å². The summed E-state index contributed by atoms with van der Waals surface area (Å²) in [5.41, 5.74) is -2.67. The number of alkyl halides is 3. The van der Waals surface area contributed by atoms with Gasteiger partial charge in [0.15, 0.2) is 17.3 Å². The summed E-state index contributed by atoms with van der Waals surface area (Å²) < 4.78 is 57.1. The molecule has 0 aliphatic heterocycles. The average Bonchev–Trinajstić information content (AvgIpc) is 2.58. The smallest absolute Gasteiger partial charge is 0.423 e. The van der Waals surface area contributed by atoms with E-state index in [0.717, 1.165) is 12.1 Å². The van der Waals surface area contributed by atoms with Gasteiger partial charge in [0.1, 0.15) is 5.56 Å². The summed E-state index contributed by atoms with van der Waals surface area (Å²) >= 11 is 0. The van der Waals surface area contributed by atoms with Crippen LogP contribution in [0.15, 0.2) is 36.4 Å². The molecule has 0 aliphatic carbocycles. The minimum absolute atomic E-state index is 0.00578. The molecule has 0 amide bonds. The van der Waals surface area contributed by atoms with E-state index in [0.29, 0.717) is 12.1 Å². The van der Waals surface area contributed by atoms with Gasteiger partial charge in [0.25, 0.3) is 5.69 Å². The molecule has 0 fully saturated rings. The van der Waals surface area contributed by atoms with Crippen molar-refractivity contribution < 1.29 is 32.0 Å². The molecule has 0 spiro atoms. The number of Topliss-reactive ketones (excluding diaryl/α,β-unsaturated/α-hetero) is 1. The Bertz CT molecular complexity index is 853. The van der Waals surface area contributed by atoms with Crippen LogP contribution in [0.25, 0.3) is 0 Å². The number of ketones is 1. The molecule has 0 saturated heterocycles. The fourth-order valence-corrected chi connectivity index (χ4v) is 2.16. The van der Waals surface area contributed by atoms with Crippen LogP contribution in [0.5, 0.6) is 5.75 Å². The van der Waals surface area contributed by atoms with Crippen molar-refractivity contribution in [2.24, 2.45) is 0 Å². The molecule has 26 heavy (non-hydrogen) atoms. The second-order valence-corrected chi connectivity index (χ2v) is 5.11. The van der Waals surface area contributed by atoms with Crippen molar-refractivity contribution in [2.45, 2.75) is 6.18 Å². The standard InChI is InChI=1S/C16H12F4N2O4/c1-26-15-5-2-9(6-12(15)17)14(23)8-21-10-3-4-13(22(24)25)11(7-10)16(18,19)20/h2-7,21H,8H2,1H3. The molecule has 1 N–H and O–H groups in total. The van der Waals surface area contributed by atoms with E-state index >= 15 is 0 Å². The molecule has 0 heterocycles. The Labute approximate surface area is 144 Å². The number of benzene rings is 2. The first-order valence-electron chi connectivity index (χ1n) is 7.09. The Balaban J connectivity index is 2.18. The largest absolute Gasteiger partial charge is 0.494 e. The summed E-state index contributed by atoms with van der Waals surface area (Å²) in [7, 11) is 1.26. The number of nitrogens with zero attached hydrogens (tertiary/aromatic N) is 1. The molecule has 6 nitrogen and oxygen atoms in total. The number of carbonyl (C=O) groups excluding carboxylic acids is 1. The van der Waals surface area contributed by atoms with Gasteiger partial charge in [0.2, 0.25) is 0 Å². The van der Waals surface area contributed by atoms with Crippen molar-refractivity contribution >= 4 is 17.2 Å². The maximum atomic E-state index is 13.6. The summed E-state index contributed by atoms with van der Waals surface area (Å²) in [6, 6.07) is 5.79. The van der Waals surface area contributed by atoms with Crippen LogP contribution in [-0.4, -0.2) is 24.4 Å². The molecule has 0 saturated carbocycles. The van der Waals surface area contributed by atoms with Crippen LogP contribution < -0.4 is 10.1 Å². The van der Waals surface area contributed by atoms with Crippen LogP contribution in [0.4, 0.5) is 28.9 Å². The zero-order valence-electron chi connectivity index (χ0n) is 13.3. The highest BCUT2D eigenvalue weighted by Crippen LogP contribution is 2.37. The fourth-order valence-electron chi connectivity index (χ4n) is 2.16. The summed E-state index contributed by atoms with van der Waals surface area (Å²) in [5, 5.41) is 13.1. The van der Waals surface area contributed by atoms with Crippen molar-refractivity contribution in [3.05, 3.63) is 63.5 Å². The van der Waals surface area contributed by atoms with Gasteiger partial charge in [0.05, 0.1) is 18.6 Å². The third-order valence-corrected chi connectivity index (χ3v) is 3.43. The number of anilines is 1.